The van der Waals surface area contributed by atoms with Crippen LogP contribution in [-0.4, -0.2) is 23.5 Å². The molecule has 0 saturated heterocycles. The van der Waals surface area contributed by atoms with Crippen molar-refractivity contribution in [3.8, 4) is 0 Å². The number of carbonyl (C=O) groups is 1. The highest BCUT2D eigenvalue weighted by molar-refractivity contribution is 5.90. The molecule has 1 aromatic heterocycles. The second-order valence-corrected chi connectivity index (χ2v) is 4.58. The smallest absolute Gasteiger partial charge is 0.227 e. The Balaban J connectivity index is 2.59. The van der Waals surface area contributed by atoms with Crippen LogP contribution in [0.4, 0.5) is 5.82 Å². The number of aromatic nitrogens is 1. The van der Waals surface area contributed by atoms with Crippen LogP contribution < -0.4 is 10.6 Å². The van der Waals surface area contributed by atoms with E-state index in [9.17, 15) is 4.79 Å². The van der Waals surface area contributed by atoms with Gasteiger partial charge in [-0.05, 0) is 45.5 Å². The molecular formula is C12H19N3O. The number of carbonyl (C=O) groups excluding carboxylic acids is 1. The molecular weight excluding hydrogens is 202 g/mol. The molecule has 0 unspecified atom stereocenters. The Morgan fingerprint density at radius 3 is 2.75 bits per heavy atom. The van der Waals surface area contributed by atoms with Crippen LogP contribution in [0, 0.1) is 6.92 Å². The first-order valence-corrected chi connectivity index (χ1v) is 5.34. The first kappa shape index (κ1) is 12.6. The third-order valence-electron chi connectivity index (χ3n) is 2.46. The summed E-state index contributed by atoms with van der Waals surface area (Å²) in [6.07, 6.45) is 2.10. The van der Waals surface area contributed by atoms with E-state index in [1.54, 1.807) is 6.20 Å². The Morgan fingerprint density at radius 1 is 1.50 bits per heavy atom. The molecule has 1 amide bonds. The van der Waals surface area contributed by atoms with Crippen molar-refractivity contribution in [1.29, 1.82) is 0 Å². The third-order valence-corrected chi connectivity index (χ3v) is 2.46. The van der Waals surface area contributed by atoms with Gasteiger partial charge in [-0.1, -0.05) is 0 Å². The number of rotatable bonds is 4. The summed E-state index contributed by atoms with van der Waals surface area (Å²) in [4.78, 5) is 15.8. The van der Waals surface area contributed by atoms with E-state index in [1.807, 2.05) is 40.0 Å². The fourth-order valence-electron chi connectivity index (χ4n) is 1.28. The van der Waals surface area contributed by atoms with Gasteiger partial charge in [0.1, 0.15) is 5.82 Å². The largest absolute Gasteiger partial charge is 0.314 e. The Kier molecular flexibility index (Phi) is 4.01. The molecule has 0 atom stereocenters. The van der Waals surface area contributed by atoms with Crippen LogP contribution in [0.3, 0.4) is 0 Å². The highest BCUT2D eigenvalue weighted by atomic mass is 16.1. The second-order valence-electron chi connectivity index (χ2n) is 4.58. The Bertz CT molecular complexity index is 374. The van der Waals surface area contributed by atoms with Crippen LogP contribution >= 0.6 is 0 Å². The Morgan fingerprint density at radius 2 is 2.19 bits per heavy atom. The molecule has 0 saturated carbocycles. The van der Waals surface area contributed by atoms with Crippen molar-refractivity contribution >= 4 is 11.7 Å². The zero-order valence-electron chi connectivity index (χ0n) is 10.3. The van der Waals surface area contributed by atoms with Gasteiger partial charge >= 0.3 is 0 Å². The van der Waals surface area contributed by atoms with Crippen molar-refractivity contribution in [1.82, 2.24) is 10.3 Å². The standard InChI is InChI=1S/C12H19N3O/c1-9-5-6-14-10(7-9)15-11(16)8-12(2,3)13-4/h5-7,13H,8H2,1-4H3,(H,14,15,16). The predicted molar refractivity (Wildman–Crippen MR) is 65.4 cm³/mol. The van der Waals surface area contributed by atoms with E-state index in [4.69, 9.17) is 0 Å². The van der Waals surface area contributed by atoms with E-state index in [0.29, 0.717) is 12.2 Å². The van der Waals surface area contributed by atoms with E-state index in [1.165, 1.54) is 0 Å². The van der Waals surface area contributed by atoms with E-state index < -0.39 is 0 Å². The van der Waals surface area contributed by atoms with Crippen molar-refractivity contribution in [3.63, 3.8) is 0 Å². The van der Waals surface area contributed by atoms with Crippen LogP contribution in [0.15, 0.2) is 18.3 Å². The van der Waals surface area contributed by atoms with Gasteiger partial charge in [-0.2, -0.15) is 0 Å². The highest BCUT2D eigenvalue weighted by Crippen LogP contribution is 2.10. The van der Waals surface area contributed by atoms with Gasteiger partial charge < -0.3 is 10.6 Å². The lowest BCUT2D eigenvalue weighted by molar-refractivity contribution is -0.117. The quantitative estimate of drug-likeness (QED) is 0.814. The van der Waals surface area contributed by atoms with Gasteiger partial charge in [0, 0.05) is 18.2 Å². The SMILES string of the molecule is CNC(C)(C)CC(=O)Nc1cc(C)ccn1. The maximum Gasteiger partial charge on any atom is 0.227 e. The van der Waals surface area contributed by atoms with Gasteiger partial charge in [-0.15, -0.1) is 0 Å². The molecule has 1 rings (SSSR count). The number of amides is 1. The van der Waals surface area contributed by atoms with Crippen molar-refractivity contribution in [2.24, 2.45) is 0 Å². The van der Waals surface area contributed by atoms with Crippen LogP contribution in [0.5, 0.6) is 0 Å². The molecule has 0 aliphatic rings. The van der Waals surface area contributed by atoms with E-state index in [-0.39, 0.29) is 11.4 Å². The summed E-state index contributed by atoms with van der Waals surface area (Å²) in [7, 11) is 1.85. The van der Waals surface area contributed by atoms with Crippen molar-refractivity contribution < 1.29 is 4.79 Å². The molecule has 4 heteroatoms. The lowest BCUT2D eigenvalue weighted by Gasteiger charge is -2.22. The number of hydrogen-bond donors (Lipinski definition) is 2. The fourth-order valence-corrected chi connectivity index (χ4v) is 1.28. The average Bonchev–Trinajstić information content (AvgIpc) is 2.16. The summed E-state index contributed by atoms with van der Waals surface area (Å²) in [5.41, 5.74) is 0.881. The molecule has 1 aromatic rings. The summed E-state index contributed by atoms with van der Waals surface area (Å²) < 4.78 is 0. The molecule has 0 fully saturated rings. The monoisotopic (exact) mass is 221 g/mol. The first-order chi connectivity index (χ1) is 7.43. The fraction of sp³-hybridized carbons (Fsp3) is 0.500. The lowest BCUT2D eigenvalue weighted by atomic mass is 10.0. The second kappa shape index (κ2) is 5.07. The molecule has 0 aliphatic heterocycles. The summed E-state index contributed by atoms with van der Waals surface area (Å²) in [6, 6.07) is 3.75. The van der Waals surface area contributed by atoms with Gasteiger partial charge in [0.15, 0.2) is 0 Å². The minimum absolute atomic E-state index is 0.0301. The Hall–Kier alpha value is -1.42. The van der Waals surface area contributed by atoms with E-state index in [2.05, 4.69) is 15.6 Å². The molecule has 2 N–H and O–H groups in total. The van der Waals surface area contributed by atoms with Crippen molar-refractivity contribution in [3.05, 3.63) is 23.9 Å². The van der Waals surface area contributed by atoms with Crippen LogP contribution in [0.1, 0.15) is 25.8 Å². The number of nitrogens with one attached hydrogen (secondary N) is 2. The maximum absolute atomic E-state index is 11.7. The summed E-state index contributed by atoms with van der Waals surface area (Å²) in [6.45, 7) is 5.93. The third kappa shape index (κ3) is 3.98. The van der Waals surface area contributed by atoms with E-state index >= 15 is 0 Å². The van der Waals surface area contributed by atoms with Crippen LogP contribution in [0.25, 0.3) is 0 Å². The molecule has 4 nitrogen and oxygen atoms in total. The zero-order chi connectivity index (χ0) is 12.2. The topological polar surface area (TPSA) is 54.0 Å². The molecule has 0 radical (unpaired) electrons. The van der Waals surface area contributed by atoms with E-state index in [0.717, 1.165) is 5.56 Å². The summed E-state index contributed by atoms with van der Waals surface area (Å²) in [5, 5.41) is 5.87. The molecule has 0 spiro atoms. The van der Waals surface area contributed by atoms with Crippen LogP contribution in [-0.2, 0) is 4.79 Å². The minimum Gasteiger partial charge on any atom is -0.314 e. The van der Waals surface area contributed by atoms with Crippen LogP contribution in [0.2, 0.25) is 0 Å². The normalized spacial score (nSPS) is 11.2. The number of hydrogen-bond acceptors (Lipinski definition) is 3. The predicted octanol–water partition coefficient (Wildman–Crippen LogP) is 1.72. The van der Waals surface area contributed by atoms with Gasteiger partial charge in [-0.3, -0.25) is 4.79 Å². The average molecular weight is 221 g/mol. The highest BCUT2D eigenvalue weighted by Gasteiger charge is 2.19. The molecule has 1 heterocycles. The summed E-state index contributed by atoms with van der Waals surface area (Å²) >= 11 is 0. The minimum atomic E-state index is -0.200. The number of pyridine rings is 1. The Labute approximate surface area is 96.5 Å². The lowest BCUT2D eigenvalue weighted by Crippen LogP contribution is -2.39. The maximum atomic E-state index is 11.7. The van der Waals surface area contributed by atoms with Crippen molar-refractivity contribution in [2.45, 2.75) is 32.7 Å². The first-order valence-electron chi connectivity index (χ1n) is 5.34. The van der Waals surface area contributed by atoms with Gasteiger partial charge in [-0.25, -0.2) is 4.98 Å². The molecule has 0 aromatic carbocycles. The number of nitrogens with zero attached hydrogens (tertiary/aromatic N) is 1. The molecule has 88 valence electrons. The molecule has 0 aliphatic carbocycles. The van der Waals surface area contributed by atoms with Crippen molar-refractivity contribution in [2.75, 3.05) is 12.4 Å². The van der Waals surface area contributed by atoms with Gasteiger partial charge in [0.2, 0.25) is 5.91 Å². The number of anilines is 1. The van der Waals surface area contributed by atoms with Gasteiger partial charge in [0.05, 0.1) is 0 Å². The molecule has 0 bridgehead atoms. The number of aryl methyl sites for hydroxylation is 1. The zero-order valence-corrected chi connectivity index (χ0v) is 10.3. The summed E-state index contributed by atoms with van der Waals surface area (Å²) in [5.74, 6) is 0.578. The van der Waals surface area contributed by atoms with Gasteiger partial charge in [0.25, 0.3) is 0 Å². The molecule has 16 heavy (non-hydrogen) atoms.